The second-order valence-corrected chi connectivity index (χ2v) is 4.21. The van der Waals surface area contributed by atoms with Crippen molar-refractivity contribution >= 4 is 5.91 Å². The van der Waals surface area contributed by atoms with Crippen LogP contribution in [0.4, 0.5) is 0 Å². The zero-order chi connectivity index (χ0) is 9.90. The molecule has 0 spiro atoms. The minimum Gasteiger partial charge on any atom is -0.345 e. The van der Waals surface area contributed by atoms with Gasteiger partial charge in [0.05, 0.1) is 5.41 Å². The standard InChI is InChI=1S/C11H21NO/c1-4-6-7-11(5-2)8-9-12(3)10(11)13/h4-9H2,1-3H3. The third kappa shape index (κ3) is 1.87. The van der Waals surface area contributed by atoms with E-state index in [1.54, 1.807) is 0 Å². The van der Waals surface area contributed by atoms with Crippen LogP contribution in [0.3, 0.4) is 0 Å². The van der Waals surface area contributed by atoms with Gasteiger partial charge in [-0.3, -0.25) is 4.79 Å². The van der Waals surface area contributed by atoms with Gasteiger partial charge in [0.2, 0.25) is 5.91 Å². The summed E-state index contributed by atoms with van der Waals surface area (Å²) in [5, 5.41) is 0. The molecule has 2 nitrogen and oxygen atoms in total. The van der Waals surface area contributed by atoms with E-state index in [4.69, 9.17) is 0 Å². The van der Waals surface area contributed by atoms with Gasteiger partial charge < -0.3 is 4.90 Å². The molecule has 1 saturated heterocycles. The van der Waals surface area contributed by atoms with Crippen molar-refractivity contribution in [2.45, 2.75) is 46.0 Å². The molecule has 1 rings (SSSR count). The number of hydrogen-bond acceptors (Lipinski definition) is 1. The first-order chi connectivity index (χ1) is 6.16. The molecule has 76 valence electrons. The molecule has 0 saturated carbocycles. The molecule has 13 heavy (non-hydrogen) atoms. The van der Waals surface area contributed by atoms with E-state index >= 15 is 0 Å². The fourth-order valence-electron chi connectivity index (χ4n) is 2.25. The van der Waals surface area contributed by atoms with Crippen LogP contribution in [0, 0.1) is 5.41 Å². The third-order valence-corrected chi connectivity index (χ3v) is 3.41. The van der Waals surface area contributed by atoms with E-state index < -0.39 is 0 Å². The van der Waals surface area contributed by atoms with Crippen LogP contribution in [-0.2, 0) is 4.79 Å². The van der Waals surface area contributed by atoms with Crippen molar-refractivity contribution in [3.63, 3.8) is 0 Å². The molecular formula is C11H21NO. The summed E-state index contributed by atoms with van der Waals surface area (Å²) in [4.78, 5) is 13.8. The molecule has 0 aromatic rings. The zero-order valence-corrected chi connectivity index (χ0v) is 9.10. The highest BCUT2D eigenvalue weighted by Gasteiger charge is 2.42. The molecule has 1 amide bonds. The minimum absolute atomic E-state index is 0.00472. The minimum atomic E-state index is 0.00472. The fraction of sp³-hybridized carbons (Fsp3) is 0.909. The molecule has 1 atom stereocenters. The number of unbranched alkanes of at least 4 members (excludes halogenated alkanes) is 1. The van der Waals surface area contributed by atoms with Crippen LogP contribution in [0.25, 0.3) is 0 Å². The van der Waals surface area contributed by atoms with Crippen LogP contribution < -0.4 is 0 Å². The number of likely N-dealkylation sites (tertiary alicyclic amines) is 1. The van der Waals surface area contributed by atoms with Crippen LogP contribution in [0.1, 0.15) is 46.0 Å². The Kier molecular flexibility index (Phi) is 3.34. The first kappa shape index (κ1) is 10.6. The Bertz CT molecular complexity index is 191. The Morgan fingerprint density at radius 3 is 2.54 bits per heavy atom. The topological polar surface area (TPSA) is 20.3 Å². The van der Waals surface area contributed by atoms with Gasteiger partial charge in [-0.25, -0.2) is 0 Å². The molecule has 1 unspecified atom stereocenters. The van der Waals surface area contributed by atoms with E-state index in [9.17, 15) is 4.79 Å². The van der Waals surface area contributed by atoms with Crippen molar-refractivity contribution in [1.29, 1.82) is 0 Å². The number of hydrogen-bond donors (Lipinski definition) is 0. The Balaban J connectivity index is 2.64. The van der Waals surface area contributed by atoms with Gasteiger partial charge in [-0.2, -0.15) is 0 Å². The normalized spacial score (nSPS) is 28.5. The molecule has 0 N–H and O–H groups in total. The number of nitrogens with zero attached hydrogens (tertiary/aromatic N) is 1. The Hall–Kier alpha value is -0.530. The maximum Gasteiger partial charge on any atom is 0.228 e. The van der Waals surface area contributed by atoms with Gasteiger partial charge >= 0.3 is 0 Å². The number of carbonyl (C=O) groups is 1. The third-order valence-electron chi connectivity index (χ3n) is 3.41. The average molecular weight is 183 g/mol. The molecular weight excluding hydrogens is 162 g/mol. The maximum atomic E-state index is 11.9. The first-order valence-electron chi connectivity index (χ1n) is 5.42. The molecule has 1 fully saturated rings. The van der Waals surface area contributed by atoms with E-state index in [0.29, 0.717) is 5.91 Å². The van der Waals surface area contributed by atoms with Gasteiger partial charge in [0.25, 0.3) is 0 Å². The highest BCUT2D eigenvalue weighted by molar-refractivity contribution is 5.84. The maximum absolute atomic E-state index is 11.9. The number of rotatable bonds is 4. The van der Waals surface area contributed by atoms with E-state index in [2.05, 4.69) is 13.8 Å². The van der Waals surface area contributed by atoms with Gasteiger partial charge in [0.15, 0.2) is 0 Å². The van der Waals surface area contributed by atoms with Crippen LogP contribution >= 0.6 is 0 Å². The Morgan fingerprint density at radius 1 is 1.46 bits per heavy atom. The van der Waals surface area contributed by atoms with Crippen LogP contribution in [0.5, 0.6) is 0 Å². The van der Waals surface area contributed by atoms with E-state index in [-0.39, 0.29) is 5.41 Å². The monoisotopic (exact) mass is 183 g/mol. The van der Waals surface area contributed by atoms with E-state index in [0.717, 1.165) is 25.8 Å². The van der Waals surface area contributed by atoms with Crippen molar-refractivity contribution in [2.75, 3.05) is 13.6 Å². The van der Waals surface area contributed by atoms with Crippen molar-refractivity contribution in [3.8, 4) is 0 Å². The lowest BCUT2D eigenvalue weighted by Gasteiger charge is -2.25. The lowest BCUT2D eigenvalue weighted by Crippen LogP contribution is -2.31. The number of amides is 1. The van der Waals surface area contributed by atoms with Crippen LogP contribution in [0.2, 0.25) is 0 Å². The molecule has 0 aromatic heterocycles. The second kappa shape index (κ2) is 4.12. The Morgan fingerprint density at radius 2 is 2.15 bits per heavy atom. The van der Waals surface area contributed by atoms with Crippen molar-refractivity contribution in [1.82, 2.24) is 4.90 Å². The lowest BCUT2D eigenvalue weighted by atomic mass is 9.79. The van der Waals surface area contributed by atoms with E-state index in [1.165, 1.54) is 12.8 Å². The SMILES string of the molecule is CCCCC1(CC)CCN(C)C1=O. The molecule has 2 heteroatoms. The summed E-state index contributed by atoms with van der Waals surface area (Å²) in [7, 11) is 1.92. The summed E-state index contributed by atoms with van der Waals surface area (Å²) in [5.74, 6) is 0.378. The molecule has 0 aliphatic carbocycles. The molecule has 1 heterocycles. The fourth-order valence-corrected chi connectivity index (χ4v) is 2.25. The lowest BCUT2D eigenvalue weighted by molar-refractivity contribution is -0.135. The first-order valence-corrected chi connectivity index (χ1v) is 5.42. The number of carbonyl (C=O) groups excluding carboxylic acids is 1. The average Bonchev–Trinajstić information content (AvgIpc) is 2.43. The van der Waals surface area contributed by atoms with Crippen molar-refractivity contribution < 1.29 is 4.79 Å². The van der Waals surface area contributed by atoms with Crippen LogP contribution in [-0.4, -0.2) is 24.4 Å². The molecule has 0 radical (unpaired) electrons. The van der Waals surface area contributed by atoms with Crippen molar-refractivity contribution in [2.24, 2.45) is 5.41 Å². The summed E-state index contributed by atoms with van der Waals surface area (Å²) in [6.45, 7) is 5.29. The summed E-state index contributed by atoms with van der Waals surface area (Å²) in [6, 6.07) is 0. The summed E-state index contributed by atoms with van der Waals surface area (Å²) in [5.41, 5.74) is 0.00472. The van der Waals surface area contributed by atoms with E-state index in [1.807, 2.05) is 11.9 Å². The van der Waals surface area contributed by atoms with Gasteiger partial charge in [-0.05, 0) is 19.3 Å². The molecule has 1 aliphatic rings. The Labute approximate surface area is 81.3 Å². The summed E-state index contributed by atoms with van der Waals surface area (Å²) < 4.78 is 0. The predicted molar refractivity (Wildman–Crippen MR) is 54.5 cm³/mol. The molecule has 1 aliphatic heterocycles. The highest BCUT2D eigenvalue weighted by atomic mass is 16.2. The highest BCUT2D eigenvalue weighted by Crippen LogP contribution is 2.39. The van der Waals surface area contributed by atoms with Gasteiger partial charge in [0, 0.05) is 13.6 Å². The van der Waals surface area contributed by atoms with Gasteiger partial charge in [-0.1, -0.05) is 26.7 Å². The smallest absolute Gasteiger partial charge is 0.228 e. The van der Waals surface area contributed by atoms with Crippen molar-refractivity contribution in [3.05, 3.63) is 0 Å². The van der Waals surface area contributed by atoms with Gasteiger partial charge in [0.1, 0.15) is 0 Å². The zero-order valence-electron chi connectivity index (χ0n) is 9.10. The molecule has 0 aromatic carbocycles. The quantitative estimate of drug-likeness (QED) is 0.655. The second-order valence-electron chi connectivity index (χ2n) is 4.21. The largest absolute Gasteiger partial charge is 0.345 e. The summed E-state index contributed by atoms with van der Waals surface area (Å²) in [6.07, 6.45) is 5.55. The summed E-state index contributed by atoms with van der Waals surface area (Å²) >= 11 is 0. The molecule has 0 bridgehead atoms. The van der Waals surface area contributed by atoms with Gasteiger partial charge in [-0.15, -0.1) is 0 Å². The predicted octanol–water partition coefficient (Wildman–Crippen LogP) is 2.44. The van der Waals surface area contributed by atoms with Crippen LogP contribution in [0.15, 0.2) is 0 Å².